The van der Waals surface area contributed by atoms with Crippen LogP contribution in [0, 0.1) is 5.82 Å². The molecule has 150 valence electrons. The van der Waals surface area contributed by atoms with Crippen LogP contribution in [0.2, 0.25) is 10.0 Å². The second-order valence-corrected chi connectivity index (χ2v) is 7.58. The molecule has 3 aromatic rings. The summed E-state index contributed by atoms with van der Waals surface area (Å²) in [7, 11) is 1.62. The number of pyridine rings is 1. The normalized spacial score (nSPS) is 15.8. The predicted octanol–water partition coefficient (Wildman–Crippen LogP) is 4.71. The van der Waals surface area contributed by atoms with Crippen molar-refractivity contribution < 1.29 is 13.9 Å². The first-order chi connectivity index (χ1) is 13.8. The molecule has 29 heavy (non-hydrogen) atoms. The summed E-state index contributed by atoms with van der Waals surface area (Å²) in [5.74, 6) is -0.568. The molecule has 0 unspecified atom stereocenters. The Bertz CT molecular complexity index is 1180. The van der Waals surface area contributed by atoms with Crippen molar-refractivity contribution in [3.05, 3.63) is 73.9 Å². The number of fused-ring (bicyclic) bond motifs is 3. The number of nitrogens with zero attached hydrogens (tertiary/aromatic N) is 1. The summed E-state index contributed by atoms with van der Waals surface area (Å²) in [6.07, 6.45) is 0. The summed E-state index contributed by atoms with van der Waals surface area (Å²) in [6.45, 7) is 0.494. The van der Waals surface area contributed by atoms with Gasteiger partial charge in [-0.15, -0.1) is 0 Å². The first-order valence-electron chi connectivity index (χ1n) is 8.76. The van der Waals surface area contributed by atoms with Crippen molar-refractivity contribution in [3.63, 3.8) is 0 Å². The Hall–Kier alpha value is -2.61. The summed E-state index contributed by atoms with van der Waals surface area (Å²) < 4.78 is 19.0. The van der Waals surface area contributed by atoms with E-state index in [2.05, 4.69) is 10.3 Å². The van der Waals surface area contributed by atoms with Gasteiger partial charge >= 0.3 is 6.03 Å². The summed E-state index contributed by atoms with van der Waals surface area (Å²) in [5.41, 5.74) is 1.52. The lowest BCUT2D eigenvalue weighted by Gasteiger charge is -2.33. The number of hydrogen-bond acceptors (Lipinski definition) is 3. The second-order valence-electron chi connectivity index (χ2n) is 6.74. The Morgan fingerprint density at radius 1 is 1.24 bits per heavy atom. The largest absolute Gasteiger partial charge is 0.373 e. The molecule has 0 saturated carbocycles. The second kappa shape index (κ2) is 7.67. The maximum absolute atomic E-state index is 13.4. The standard InChI is InChI=1S/C20H16Cl2FN3O3/c1-26(20(28)24-11-3-5-15(23)14(22)7-11)17-9-29-8-16-18(17)12-4-2-10(21)6-13(12)19(27)25-16/h2-7,17H,8-9H2,1H3,(H,24,28)(H,25,27)/t17-/m1/s1. The Balaban J connectivity index is 1.70. The fourth-order valence-corrected chi connectivity index (χ4v) is 3.81. The molecule has 4 rings (SSSR count). The minimum absolute atomic E-state index is 0.0859. The molecule has 2 aromatic carbocycles. The number of aromatic nitrogens is 1. The van der Waals surface area contributed by atoms with E-state index in [1.54, 1.807) is 25.2 Å². The molecule has 2 amide bonds. The topological polar surface area (TPSA) is 74.4 Å². The van der Waals surface area contributed by atoms with Crippen molar-refractivity contribution in [1.82, 2.24) is 9.88 Å². The lowest BCUT2D eigenvalue weighted by atomic mass is 9.96. The zero-order chi connectivity index (χ0) is 20.7. The first-order valence-corrected chi connectivity index (χ1v) is 9.51. The molecule has 6 nitrogen and oxygen atoms in total. The number of rotatable bonds is 2. The monoisotopic (exact) mass is 435 g/mol. The third-order valence-electron chi connectivity index (χ3n) is 4.92. The van der Waals surface area contributed by atoms with Crippen LogP contribution in [0.25, 0.3) is 10.8 Å². The smallest absolute Gasteiger partial charge is 0.322 e. The molecule has 1 aromatic heterocycles. The molecular formula is C20H16Cl2FN3O3. The van der Waals surface area contributed by atoms with Gasteiger partial charge in [0.05, 0.1) is 24.3 Å². The average Bonchev–Trinajstić information content (AvgIpc) is 2.70. The van der Waals surface area contributed by atoms with Crippen LogP contribution in [-0.2, 0) is 11.3 Å². The number of urea groups is 1. The summed E-state index contributed by atoms with van der Waals surface area (Å²) in [4.78, 5) is 29.5. The number of benzene rings is 2. The van der Waals surface area contributed by atoms with E-state index in [9.17, 15) is 14.0 Å². The molecule has 1 aliphatic rings. The number of aromatic amines is 1. The molecule has 0 fully saturated rings. The van der Waals surface area contributed by atoms with Crippen LogP contribution < -0.4 is 10.9 Å². The molecule has 1 aliphatic heterocycles. The highest BCUT2D eigenvalue weighted by Gasteiger charge is 2.30. The number of H-pyrrole nitrogens is 1. The van der Waals surface area contributed by atoms with Crippen molar-refractivity contribution >= 4 is 45.7 Å². The number of carbonyl (C=O) groups excluding carboxylic acids is 1. The fourth-order valence-electron chi connectivity index (χ4n) is 3.46. The van der Waals surface area contributed by atoms with E-state index in [1.165, 1.54) is 23.1 Å². The van der Waals surface area contributed by atoms with Crippen LogP contribution >= 0.6 is 23.2 Å². The van der Waals surface area contributed by atoms with Gasteiger partial charge in [-0.1, -0.05) is 29.3 Å². The van der Waals surface area contributed by atoms with Crippen LogP contribution in [0.15, 0.2) is 41.2 Å². The number of carbonyl (C=O) groups is 1. The van der Waals surface area contributed by atoms with Gasteiger partial charge < -0.3 is 19.9 Å². The molecule has 0 aliphatic carbocycles. The Labute approximate surface area is 175 Å². The van der Waals surface area contributed by atoms with Crippen molar-refractivity contribution in [3.8, 4) is 0 Å². The van der Waals surface area contributed by atoms with Crippen LogP contribution in [0.4, 0.5) is 14.9 Å². The maximum Gasteiger partial charge on any atom is 0.322 e. The van der Waals surface area contributed by atoms with E-state index >= 15 is 0 Å². The lowest BCUT2D eigenvalue weighted by Crippen LogP contribution is -2.39. The fraction of sp³-hybridized carbons (Fsp3) is 0.200. The molecule has 2 heterocycles. The molecule has 9 heteroatoms. The Morgan fingerprint density at radius 2 is 2.03 bits per heavy atom. The first kappa shape index (κ1) is 19.7. The molecule has 0 saturated heterocycles. The highest BCUT2D eigenvalue weighted by atomic mass is 35.5. The highest BCUT2D eigenvalue weighted by Crippen LogP contribution is 2.34. The van der Waals surface area contributed by atoms with Crippen LogP contribution in [0.5, 0.6) is 0 Å². The van der Waals surface area contributed by atoms with Gasteiger partial charge in [0.1, 0.15) is 5.82 Å². The Morgan fingerprint density at radius 3 is 2.79 bits per heavy atom. The number of halogens is 3. The minimum atomic E-state index is -0.568. The molecule has 0 radical (unpaired) electrons. The third-order valence-corrected chi connectivity index (χ3v) is 5.44. The van der Waals surface area contributed by atoms with E-state index in [4.69, 9.17) is 27.9 Å². The minimum Gasteiger partial charge on any atom is -0.373 e. The van der Waals surface area contributed by atoms with Gasteiger partial charge in [0.15, 0.2) is 0 Å². The summed E-state index contributed by atoms with van der Waals surface area (Å²) in [5, 5.41) is 4.22. The number of hydrogen-bond donors (Lipinski definition) is 2. The Kier molecular flexibility index (Phi) is 5.21. The number of nitrogens with one attached hydrogen (secondary N) is 2. The van der Waals surface area contributed by atoms with Gasteiger partial charge in [-0.05, 0) is 35.7 Å². The van der Waals surface area contributed by atoms with E-state index < -0.39 is 17.9 Å². The third kappa shape index (κ3) is 3.69. The molecular weight excluding hydrogens is 420 g/mol. The van der Waals surface area contributed by atoms with Crippen LogP contribution in [0.3, 0.4) is 0 Å². The van der Waals surface area contributed by atoms with Gasteiger partial charge in [-0.25, -0.2) is 9.18 Å². The summed E-state index contributed by atoms with van der Waals surface area (Å²) in [6, 6.07) is 8.14. The van der Waals surface area contributed by atoms with Gasteiger partial charge in [-0.2, -0.15) is 0 Å². The maximum atomic E-state index is 13.4. The number of amides is 2. The molecule has 2 N–H and O–H groups in total. The predicted molar refractivity (Wildman–Crippen MR) is 110 cm³/mol. The van der Waals surface area contributed by atoms with Gasteiger partial charge in [0.25, 0.3) is 5.56 Å². The zero-order valence-electron chi connectivity index (χ0n) is 15.3. The van der Waals surface area contributed by atoms with Crippen molar-refractivity contribution in [1.29, 1.82) is 0 Å². The lowest BCUT2D eigenvalue weighted by molar-refractivity contribution is 0.0527. The van der Waals surface area contributed by atoms with Gasteiger partial charge in [-0.3, -0.25) is 4.79 Å². The van der Waals surface area contributed by atoms with Gasteiger partial charge in [0.2, 0.25) is 0 Å². The van der Waals surface area contributed by atoms with E-state index in [0.717, 1.165) is 5.56 Å². The van der Waals surface area contributed by atoms with Crippen molar-refractivity contribution in [2.45, 2.75) is 12.6 Å². The van der Waals surface area contributed by atoms with E-state index in [0.29, 0.717) is 27.2 Å². The van der Waals surface area contributed by atoms with E-state index in [1.807, 2.05) is 0 Å². The van der Waals surface area contributed by atoms with Crippen LogP contribution in [0.1, 0.15) is 17.3 Å². The highest BCUT2D eigenvalue weighted by molar-refractivity contribution is 6.31. The molecule has 1 atom stereocenters. The number of ether oxygens (including phenoxy) is 1. The number of anilines is 1. The molecule has 0 bridgehead atoms. The van der Waals surface area contributed by atoms with Gasteiger partial charge in [0, 0.05) is 34.4 Å². The number of likely N-dealkylation sites (N-methyl/N-ethyl adjacent to an activating group) is 1. The quantitative estimate of drug-likeness (QED) is 0.611. The molecule has 0 spiro atoms. The SMILES string of the molecule is CN(C(=O)Nc1ccc(F)c(Cl)c1)[C@@H]1COCc2[nH]c(=O)c3cc(Cl)ccc3c21. The average molecular weight is 436 g/mol. The van der Waals surface area contributed by atoms with Crippen molar-refractivity contribution in [2.24, 2.45) is 0 Å². The van der Waals surface area contributed by atoms with E-state index in [-0.39, 0.29) is 23.8 Å². The summed E-state index contributed by atoms with van der Waals surface area (Å²) >= 11 is 11.8. The van der Waals surface area contributed by atoms with Crippen LogP contribution in [-0.4, -0.2) is 29.6 Å². The zero-order valence-corrected chi connectivity index (χ0v) is 16.8. The van der Waals surface area contributed by atoms with Crippen molar-refractivity contribution in [2.75, 3.05) is 19.0 Å².